The molecule has 0 aliphatic carbocycles. The number of nitrogens with one attached hydrogen (secondary N) is 1. The topological polar surface area (TPSA) is 24.4 Å². The first-order valence-electron chi connectivity index (χ1n) is 6.03. The van der Waals surface area contributed by atoms with Gasteiger partial charge in [0.15, 0.2) is 5.17 Å². The van der Waals surface area contributed by atoms with Gasteiger partial charge in [0.1, 0.15) is 5.82 Å². The normalized spacial score (nSPS) is 17.7. The highest BCUT2D eigenvalue weighted by molar-refractivity contribution is 8.14. The number of amidine groups is 1. The van der Waals surface area contributed by atoms with E-state index in [-0.39, 0.29) is 10.6 Å². The third-order valence-corrected chi connectivity index (χ3v) is 4.76. The molecule has 0 saturated heterocycles. The second kappa shape index (κ2) is 5.49. The fraction of sp³-hybridized carbons (Fsp3) is 0.462. The van der Waals surface area contributed by atoms with Crippen molar-refractivity contribution in [2.75, 3.05) is 11.1 Å². The monoisotopic (exact) mass is 286 g/mol. The van der Waals surface area contributed by atoms with Crippen molar-refractivity contribution < 1.29 is 4.39 Å². The molecule has 0 atom stereocenters. The van der Waals surface area contributed by atoms with E-state index in [9.17, 15) is 4.39 Å². The molecule has 2 nitrogen and oxygen atoms in total. The largest absolute Gasteiger partial charge is 0.335 e. The van der Waals surface area contributed by atoms with Gasteiger partial charge in [-0.05, 0) is 31.0 Å². The van der Waals surface area contributed by atoms with Crippen molar-refractivity contribution in [3.8, 4) is 0 Å². The van der Waals surface area contributed by atoms with Crippen LogP contribution >= 0.6 is 23.4 Å². The minimum Gasteiger partial charge on any atom is -0.335 e. The molecule has 1 N–H and O–H groups in total. The standard InChI is InChI=1S/C13H16ClFN2S/c1-3-13(4-2)8-18-12(17-13)16-9-5-6-10(14)11(15)7-9/h5-7H,3-4,8H2,1-2H3,(H,16,17). The number of thioether (sulfide) groups is 1. The molecule has 0 saturated carbocycles. The molecule has 0 radical (unpaired) electrons. The summed E-state index contributed by atoms with van der Waals surface area (Å²) in [6, 6.07) is 4.70. The van der Waals surface area contributed by atoms with E-state index in [1.807, 2.05) is 0 Å². The Bertz CT molecular complexity index is 472. The molecule has 0 amide bonds. The van der Waals surface area contributed by atoms with E-state index in [0.717, 1.165) is 23.8 Å². The molecule has 1 aliphatic heterocycles. The molecular weight excluding hydrogens is 271 g/mol. The van der Waals surface area contributed by atoms with Crippen molar-refractivity contribution in [1.82, 2.24) is 0 Å². The summed E-state index contributed by atoms with van der Waals surface area (Å²) in [6.45, 7) is 4.30. The molecule has 0 unspecified atom stereocenters. The van der Waals surface area contributed by atoms with Crippen LogP contribution in [0.3, 0.4) is 0 Å². The van der Waals surface area contributed by atoms with Gasteiger partial charge in [0.2, 0.25) is 0 Å². The molecule has 0 spiro atoms. The van der Waals surface area contributed by atoms with Gasteiger partial charge in [0.05, 0.1) is 10.6 Å². The van der Waals surface area contributed by atoms with Crippen LogP contribution in [0.5, 0.6) is 0 Å². The second-order valence-electron chi connectivity index (χ2n) is 4.39. The Kier molecular flexibility index (Phi) is 4.17. The Balaban J connectivity index is 2.13. The van der Waals surface area contributed by atoms with Crippen LogP contribution in [0, 0.1) is 5.82 Å². The lowest BCUT2D eigenvalue weighted by Gasteiger charge is -2.20. The lowest BCUT2D eigenvalue weighted by Crippen LogP contribution is -2.24. The van der Waals surface area contributed by atoms with E-state index in [1.54, 1.807) is 23.9 Å². The maximum absolute atomic E-state index is 13.3. The predicted octanol–water partition coefficient (Wildman–Crippen LogP) is 4.55. The maximum atomic E-state index is 13.3. The van der Waals surface area contributed by atoms with Gasteiger partial charge < -0.3 is 5.32 Å². The molecule has 1 aromatic carbocycles. The zero-order chi connectivity index (χ0) is 13.2. The lowest BCUT2D eigenvalue weighted by atomic mass is 9.97. The number of hydrogen-bond donors (Lipinski definition) is 1. The Hall–Kier alpha value is -0.740. The van der Waals surface area contributed by atoms with Crippen LogP contribution < -0.4 is 5.32 Å². The van der Waals surface area contributed by atoms with Gasteiger partial charge in [-0.15, -0.1) is 0 Å². The number of anilines is 1. The molecule has 0 aromatic heterocycles. The molecule has 0 fully saturated rings. The van der Waals surface area contributed by atoms with Crippen LogP contribution in [0.25, 0.3) is 0 Å². The Morgan fingerprint density at radius 1 is 1.44 bits per heavy atom. The van der Waals surface area contributed by atoms with Crippen molar-refractivity contribution in [3.63, 3.8) is 0 Å². The van der Waals surface area contributed by atoms with Crippen LogP contribution in [0.4, 0.5) is 10.1 Å². The quantitative estimate of drug-likeness (QED) is 0.881. The summed E-state index contributed by atoms with van der Waals surface area (Å²) in [5.74, 6) is 0.570. The molecule has 2 rings (SSSR count). The van der Waals surface area contributed by atoms with Gasteiger partial charge in [-0.25, -0.2) is 4.39 Å². The fourth-order valence-corrected chi connectivity index (χ4v) is 3.30. The Labute approximate surface area is 116 Å². The highest BCUT2D eigenvalue weighted by Gasteiger charge is 2.32. The highest BCUT2D eigenvalue weighted by atomic mass is 35.5. The van der Waals surface area contributed by atoms with E-state index < -0.39 is 5.82 Å². The zero-order valence-corrected chi connectivity index (χ0v) is 12.0. The third-order valence-electron chi connectivity index (χ3n) is 3.30. The number of nitrogens with zero attached hydrogens (tertiary/aromatic N) is 1. The Morgan fingerprint density at radius 3 is 2.72 bits per heavy atom. The van der Waals surface area contributed by atoms with Crippen molar-refractivity contribution >= 4 is 34.2 Å². The van der Waals surface area contributed by atoms with Crippen molar-refractivity contribution in [1.29, 1.82) is 0 Å². The summed E-state index contributed by atoms with van der Waals surface area (Å²) in [7, 11) is 0. The van der Waals surface area contributed by atoms with E-state index in [4.69, 9.17) is 16.6 Å². The van der Waals surface area contributed by atoms with Crippen LogP contribution in [0.2, 0.25) is 5.02 Å². The highest BCUT2D eigenvalue weighted by Crippen LogP contribution is 2.34. The van der Waals surface area contributed by atoms with E-state index in [2.05, 4.69) is 19.2 Å². The molecule has 0 bridgehead atoms. The van der Waals surface area contributed by atoms with Crippen molar-refractivity contribution in [2.24, 2.45) is 4.99 Å². The predicted molar refractivity (Wildman–Crippen MR) is 78.2 cm³/mol. The second-order valence-corrected chi connectivity index (χ2v) is 5.76. The SMILES string of the molecule is CCC1(CC)CSC(Nc2ccc(Cl)c(F)c2)=N1. The number of halogens is 2. The molecule has 1 heterocycles. The molecule has 1 aliphatic rings. The van der Waals surface area contributed by atoms with Gasteiger partial charge in [-0.3, -0.25) is 4.99 Å². The van der Waals surface area contributed by atoms with Crippen LogP contribution in [-0.2, 0) is 0 Å². The van der Waals surface area contributed by atoms with Crippen LogP contribution in [0.1, 0.15) is 26.7 Å². The minimum atomic E-state index is -0.414. The third kappa shape index (κ3) is 2.81. The zero-order valence-electron chi connectivity index (χ0n) is 10.5. The summed E-state index contributed by atoms with van der Waals surface area (Å²) in [5, 5.41) is 4.15. The molecule has 1 aromatic rings. The number of hydrogen-bond acceptors (Lipinski definition) is 3. The Morgan fingerprint density at radius 2 is 2.17 bits per heavy atom. The minimum absolute atomic E-state index is 0.0397. The van der Waals surface area contributed by atoms with Crippen LogP contribution in [-0.4, -0.2) is 16.5 Å². The van der Waals surface area contributed by atoms with Gasteiger partial charge in [-0.2, -0.15) is 0 Å². The average molecular weight is 287 g/mol. The van der Waals surface area contributed by atoms with Gasteiger partial charge in [-0.1, -0.05) is 37.2 Å². The first kappa shape index (κ1) is 13.7. The van der Waals surface area contributed by atoms with Gasteiger partial charge in [0.25, 0.3) is 0 Å². The summed E-state index contributed by atoms with van der Waals surface area (Å²) in [6.07, 6.45) is 2.05. The van der Waals surface area contributed by atoms with Gasteiger partial charge in [0, 0.05) is 11.4 Å². The molecular formula is C13H16ClFN2S. The van der Waals surface area contributed by atoms with Crippen molar-refractivity contribution in [2.45, 2.75) is 32.2 Å². The van der Waals surface area contributed by atoms with Gasteiger partial charge >= 0.3 is 0 Å². The molecule has 5 heteroatoms. The summed E-state index contributed by atoms with van der Waals surface area (Å²) >= 11 is 7.34. The first-order chi connectivity index (χ1) is 8.58. The summed E-state index contributed by atoms with van der Waals surface area (Å²) < 4.78 is 13.3. The van der Waals surface area contributed by atoms with Crippen LogP contribution in [0.15, 0.2) is 23.2 Å². The summed E-state index contributed by atoms with van der Waals surface area (Å²) in [4.78, 5) is 4.72. The smallest absolute Gasteiger partial charge is 0.161 e. The van der Waals surface area contributed by atoms with Crippen molar-refractivity contribution in [3.05, 3.63) is 29.0 Å². The fourth-order valence-electron chi connectivity index (χ4n) is 1.86. The maximum Gasteiger partial charge on any atom is 0.161 e. The first-order valence-corrected chi connectivity index (χ1v) is 7.39. The number of rotatable bonds is 3. The van der Waals surface area contributed by atoms with E-state index in [1.165, 1.54) is 6.07 Å². The molecule has 18 heavy (non-hydrogen) atoms. The van der Waals surface area contributed by atoms with E-state index in [0.29, 0.717) is 5.69 Å². The summed E-state index contributed by atoms with van der Waals surface area (Å²) in [5.41, 5.74) is 0.726. The number of aliphatic imine (C=N–C) groups is 1. The average Bonchev–Trinajstić information content (AvgIpc) is 2.78. The lowest BCUT2D eigenvalue weighted by molar-refractivity contribution is 0.456. The van der Waals surface area contributed by atoms with E-state index >= 15 is 0 Å². The number of benzene rings is 1. The molecule has 98 valence electrons.